The Bertz CT molecular complexity index is 624. The van der Waals surface area contributed by atoms with Crippen molar-refractivity contribution in [3.63, 3.8) is 0 Å². The molecular weight excluding hydrogens is 342 g/mol. The second-order valence-corrected chi connectivity index (χ2v) is 5.99. The SMILES string of the molecule is CCC(CC)C(=O)Nc1ccc(Nc2cccc(Br)c2)cn1. The first kappa shape index (κ1) is 16.5. The molecule has 4 nitrogen and oxygen atoms in total. The Morgan fingerprint density at radius 3 is 2.55 bits per heavy atom. The van der Waals surface area contributed by atoms with E-state index in [9.17, 15) is 4.79 Å². The molecule has 1 heterocycles. The molecule has 2 rings (SSSR count). The third kappa shape index (κ3) is 4.56. The molecule has 1 aromatic heterocycles. The summed E-state index contributed by atoms with van der Waals surface area (Å²) in [6.45, 7) is 4.04. The zero-order chi connectivity index (χ0) is 15.9. The number of benzene rings is 1. The molecule has 0 aliphatic rings. The summed E-state index contributed by atoms with van der Waals surface area (Å²) in [5.41, 5.74) is 1.85. The highest BCUT2D eigenvalue weighted by molar-refractivity contribution is 9.10. The first-order valence-corrected chi connectivity index (χ1v) is 8.21. The van der Waals surface area contributed by atoms with Gasteiger partial charge in [0.15, 0.2) is 0 Å². The molecule has 0 unspecified atom stereocenters. The minimum atomic E-state index is 0.0326. The van der Waals surface area contributed by atoms with E-state index in [1.165, 1.54) is 0 Å². The fraction of sp³-hybridized carbons (Fsp3) is 0.294. The molecule has 2 N–H and O–H groups in total. The van der Waals surface area contributed by atoms with Gasteiger partial charge in [-0.15, -0.1) is 0 Å². The fourth-order valence-corrected chi connectivity index (χ4v) is 2.56. The minimum absolute atomic E-state index is 0.0326. The van der Waals surface area contributed by atoms with E-state index in [0.717, 1.165) is 28.7 Å². The highest BCUT2D eigenvalue weighted by Crippen LogP contribution is 2.21. The fourth-order valence-electron chi connectivity index (χ4n) is 2.16. The number of nitrogens with zero attached hydrogens (tertiary/aromatic N) is 1. The molecule has 0 fully saturated rings. The van der Waals surface area contributed by atoms with E-state index in [0.29, 0.717) is 5.82 Å². The maximum absolute atomic E-state index is 12.0. The number of carbonyl (C=O) groups is 1. The van der Waals surface area contributed by atoms with Gasteiger partial charge >= 0.3 is 0 Å². The summed E-state index contributed by atoms with van der Waals surface area (Å²) in [7, 11) is 0. The molecule has 22 heavy (non-hydrogen) atoms. The van der Waals surface area contributed by atoms with Crippen molar-refractivity contribution in [2.24, 2.45) is 5.92 Å². The number of hydrogen-bond donors (Lipinski definition) is 2. The molecule has 2 aromatic rings. The summed E-state index contributed by atoms with van der Waals surface area (Å²) in [6.07, 6.45) is 3.39. The molecule has 0 bridgehead atoms. The van der Waals surface area contributed by atoms with Crippen LogP contribution in [0.15, 0.2) is 47.1 Å². The van der Waals surface area contributed by atoms with Crippen LogP contribution in [-0.2, 0) is 4.79 Å². The lowest BCUT2D eigenvalue weighted by Gasteiger charge is -2.12. The van der Waals surface area contributed by atoms with Crippen LogP contribution in [0, 0.1) is 5.92 Å². The van der Waals surface area contributed by atoms with E-state index in [4.69, 9.17) is 0 Å². The van der Waals surface area contributed by atoms with Crippen LogP contribution in [-0.4, -0.2) is 10.9 Å². The second-order valence-electron chi connectivity index (χ2n) is 5.07. The molecule has 116 valence electrons. The van der Waals surface area contributed by atoms with E-state index in [1.807, 2.05) is 44.2 Å². The quantitative estimate of drug-likeness (QED) is 0.764. The van der Waals surface area contributed by atoms with Crippen LogP contribution in [0.5, 0.6) is 0 Å². The molecule has 0 radical (unpaired) electrons. The molecule has 1 amide bonds. The van der Waals surface area contributed by atoms with Crippen LogP contribution in [0.25, 0.3) is 0 Å². The van der Waals surface area contributed by atoms with Crippen LogP contribution >= 0.6 is 15.9 Å². The van der Waals surface area contributed by atoms with E-state index in [2.05, 4.69) is 31.5 Å². The van der Waals surface area contributed by atoms with Crippen LogP contribution in [0.1, 0.15) is 26.7 Å². The number of nitrogens with one attached hydrogen (secondary N) is 2. The smallest absolute Gasteiger partial charge is 0.228 e. The lowest BCUT2D eigenvalue weighted by molar-refractivity contribution is -0.120. The monoisotopic (exact) mass is 361 g/mol. The van der Waals surface area contributed by atoms with Crippen molar-refractivity contribution in [1.29, 1.82) is 0 Å². The lowest BCUT2D eigenvalue weighted by Crippen LogP contribution is -2.22. The Morgan fingerprint density at radius 2 is 1.95 bits per heavy atom. The van der Waals surface area contributed by atoms with Crippen molar-refractivity contribution in [2.75, 3.05) is 10.6 Å². The average Bonchev–Trinajstić information content (AvgIpc) is 2.50. The Kier molecular flexibility index (Phi) is 5.95. The van der Waals surface area contributed by atoms with Gasteiger partial charge in [-0.05, 0) is 43.2 Å². The van der Waals surface area contributed by atoms with Crippen LogP contribution in [0.3, 0.4) is 0 Å². The van der Waals surface area contributed by atoms with Crippen molar-refractivity contribution in [1.82, 2.24) is 4.98 Å². The van der Waals surface area contributed by atoms with Gasteiger partial charge in [0.25, 0.3) is 0 Å². The molecule has 5 heteroatoms. The summed E-state index contributed by atoms with van der Waals surface area (Å²) in [5.74, 6) is 0.656. The van der Waals surface area contributed by atoms with E-state index in [1.54, 1.807) is 12.3 Å². The third-order valence-corrected chi connectivity index (χ3v) is 3.98. The van der Waals surface area contributed by atoms with Gasteiger partial charge in [0.05, 0.1) is 11.9 Å². The van der Waals surface area contributed by atoms with Crippen LogP contribution < -0.4 is 10.6 Å². The van der Waals surface area contributed by atoms with Crippen molar-refractivity contribution in [3.8, 4) is 0 Å². The van der Waals surface area contributed by atoms with Gasteiger partial charge in [-0.2, -0.15) is 0 Å². The van der Waals surface area contributed by atoms with Gasteiger partial charge in [-0.25, -0.2) is 4.98 Å². The number of aromatic nitrogens is 1. The van der Waals surface area contributed by atoms with Crippen molar-refractivity contribution >= 4 is 39.0 Å². The Morgan fingerprint density at radius 1 is 1.18 bits per heavy atom. The topological polar surface area (TPSA) is 54.0 Å². The molecule has 1 aromatic carbocycles. The molecule has 0 atom stereocenters. The number of amides is 1. The summed E-state index contributed by atoms with van der Waals surface area (Å²) in [4.78, 5) is 16.3. The van der Waals surface area contributed by atoms with Crippen molar-refractivity contribution in [3.05, 3.63) is 47.1 Å². The van der Waals surface area contributed by atoms with Gasteiger partial charge in [0, 0.05) is 16.1 Å². The van der Waals surface area contributed by atoms with Crippen LogP contribution in [0.4, 0.5) is 17.2 Å². The zero-order valence-electron chi connectivity index (χ0n) is 12.8. The predicted molar refractivity (Wildman–Crippen MR) is 94.4 cm³/mol. The van der Waals surface area contributed by atoms with Crippen molar-refractivity contribution < 1.29 is 4.79 Å². The Hall–Kier alpha value is -1.88. The third-order valence-electron chi connectivity index (χ3n) is 3.48. The molecule has 0 aliphatic heterocycles. The average molecular weight is 362 g/mol. The molecule has 0 saturated carbocycles. The molecule has 0 aliphatic carbocycles. The van der Waals surface area contributed by atoms with Crippen molar-refractivity contribution in [2.45, 2.75) is 26.7 Å². The zero-order valence-corrected chi connectivity index (χ0v) is 14.4. The van der Waals surface area contributed by atoms with Gasteiger partial charge < -0.3 is 10.6 Å². The maximum atomic E-state index is 12.0. The first-order chi connectivity index (χ1) is 10.6. The summed E-state index contributed by atoms with van der Waals surface area (Å²) < 4.78 is 1.01. The molecular formula is C17H20BrN3O. The van der Waals surface area contributed by atoms with E-state index < -0.39 is 0 Å². The minimum Gasteiger partial charge on any atom is -0.354 e. The van der Waals surface area contributed by atoms with Gasteiger partial charge in [-0.1, -0.05) is 35.8 Å². The standard InChI is InChI=1S/C17H20BrN3O/c1-3-12(4-2)17(22)21-16-9-8-15(11-19-16)20-14-7-5-6-13(18)10-14/h5-12,20H,3-4H2,1-2H3,(H,19,21,22). The summed E-state index contributed by atoms with van der Waals surface area (Å²) in [5, 5.41) is 6.12. The highest BCUT2D eigenvalue weighted by Gasteiger charge is 2.14. The highest BCUT2D eigenvalue weighted by atomic mass is 79.9. The number of anilines is 3. The summed E-state index contributed by atoms with van der Waals surface area (Å²) >= 11 is 3.44. The van der Waals surface area contributed by atoms with Gasteiger partial charge in [0.2, 0.25) is 5.91 Å². The number of rotatable bonds is 6. The second kappa shape index (κ2) is 7.94. The largest absolute Gasteiger partial charge is 0.354 e. The summed E-state index contributed by atoms with van der Waals surface area (Å²) in [6, 6.07) is 11.6. The number of carbonyl (C=O) groups excluding carboxylic acids is 1. The maximum Gasteiger partial charge on any atom is 0.228 e. The van der Waals surface area contributed by atoms with E-state index >= 15 is 0 Å². The first-order valence-electron chi connectivity index (χ1n) is 7.42. The van der Waals surface area contributed by atoms with Gasteiger partial charge in [-0.3, -0.25) is 4.79 Å². The predicted octanol–water partition coefficient (Wildman–Crippen LogP) is 4.96. The molecule has 0 saturated heterocycles. The van der Waals surface area contributed by atoms with E-state index in [-0.39, 0.29) is 11.8 Å². The lowest BCUT2D eigenvalue weighted by atomic mass is 10.0. The normalized spacial score (nSPS) is 10.5. The van der Waals surface area contributed by atoms with Gasteiger partial charge in [0.1, 0.15) is 5.82 Å². The number of halogens is 1. The number of pyridine rings is 1. The Balaban J connectivity index is 2.00. The Labute approximate surface area is 139 Å². The molecule has 0 spiro atoms. The number of hydrogen-bond acceptors (Lipinski definition) is 3. The van der Waals surface area contributed by atoms with Crippen LogP contribution in [0.2, 0.25) is 0 Å².